The number of benzene rings is 1. The van der Waals surface area contributed by atoms with Crippen molar-refractivity contribution >= 4 is 21.6 Å². The Labute approximate surface area is 123 Å². The zero-order valence-corrected chi connectivity index (χ0v) is 12.5. The summed E-state index contributed by atoms with van der Waals surface area (Å²) in [7, 11) is -3.26. The quantitative estimate of drug-likeness (QED) is 0.827. The number of rotatable bonds is 6. The molecule has 0 saturated carbocycles. The first-order chi connectivity index (χ1) is 9.62. The van der Waals surface area contributed by atoms with Crippen LogP contribution in [0.15, 0.2) is 58.6 Å². The maximum atomic E-state index is 12.2. The lowest BCUT2D eigenvalue weighted by atomic mass is 10.2. The van der Waals surface area contributed by atoms with Crippen LogP contribution in [-0.4, -0.2) is 24.9 Å². The van der Waals surface area contributed by atoms with Crippen LogP contribution in [-0.2, 0) is 16.4 Å². The third-order valence-corrected chi connectivity index (χ3v) is 5.75. The number of nitrogens with zero attached hydrogens (tertiary/aromatic N) is 1. The van der Waals surface area contributed by atoms with Crippen molar-refractivity contribution in [3.8, 4) is 0 Å². The molecule has 0 atom stereocenters. The van der Waals surface area contributed by atoms with Gasteiger partial charge in [-0.25, -0.2) is 8.42 Å². The molecule has 0 aliphatic rings. The second kappa shape index (κ2) is 6.88. The largest absolute Gasteiger partial charge is 0.326 e. The van der Waals surface area contributed by atoms with Crippen LogP contribution in [0.5, 0.6) is 0 Å². The van der Waals surface area contributed by atoms with Crippen LogP contribution in [0.4, 0.5) is 0 Å². The van der Waals surface area contributed by atoms with E-state index in [2.05, 4.69) is 4.98 Å². The highest BCUT2D eigenvalue weighted by molar-refractivity contribution is 8.00. The molecule has 0 fully saturated rings. The van der Waals surface area contributed by atoms with Gasteiger partial charge in [0.15, 0.2) is 9.84 Å². The van der Waals surface area contributed by atoms with E-state index in [4.69, 9.17) is 5.73 Å². The molecule has 1 aromatic carbocycles. The molecule has 0 saturated heterocycles. The standard InChI is InChI=1S/C14H16N2O2S2/c15-11-12-2-1-3-14(10-12)20(17,18)9-8-19-13-4-6-16-7-5-13/h1-7,10H,8-9,11,15H2. The van der Waals surface area contributed by atoms with E-state index in [0.29, 0.717) is 17.2 Å². The summed E-state index contributed by atoms with van der Waals surface area (Å²) in [5, 5.41) is 0. The van der Waals surface area contributed by atoms with Gasteiger partial charge in [-0.3, -0.25) is 4.98 Å². The first kappa shape index (κ1) is 15.0. The molecule has 0 radical (unpaired) electrons. The summed E-state index contributed by atoms with van der Waals surface area (Å²) in [6.07, 6.45) is 3.39. The minimum Gasteiger partial charge on any atom is -0.326 e. The van der Waals surface area contributed by atoms with Gasteiger partial charge in [-0.2, -0.15) is 0 Å². The number of aromatic nitrogens is 1. The minimum absolute atomic E-state index is 0.105. The third kappa shape index (κ3) is 4.06. The number of thioether (sulfide) groups is 1. The van der Waals surface area contributed by atoms with Crippen LogP contribution in [0.3, 0.4) is 0 Å². The van der Waals surface area contributed by atoms with Gasteiger partial charge in [0.25, 0.3) is 0 Å². The average Bonchev–Trinajstić information content (AvgIpc) is 2.48. The van der Waals surface area contributed by atoms with Crippen molar-refractivity contribution in [3.63, 3.8) is 0 Å². The van der Waals surface area contributed by atoms with E-state index in [1.165, 1.54) is 11.8 Å². The highest BCUT2D eigenvalue weighted by Crippen LogP contribution is 2.19. The van der Waals surface area contributed by atoms with E-state index >= 15 is 0 Å². The normalized spacial score (nSPS) is 11.4. The van der Waals surface area contributed by atoms with E-state index in [-0.39, 0.29) is 5.75 Å². The van der Waals surface area contributed by atoms with Gasteiger partial charge < -0.3 is 5.73 Å². The summed E-state index contributed by atoms with van der Waals surface area (Å²) in [5.74, 6) is 0.618. The first-order valence-corrected chi connectivity index (χ1v) is 8.80. The summed E-state index contributed by atoms with van der Waals surface area (Å²) in [5.41, 5.74) is 6.36. The van der Waals surface area contributed by atoms with Gasteiger partial charge in [-0.05, 0) is 29.8 Å². The third-order valence-electron chi connectivity index (χ3n) is 2.76. The van der Waals surface area contributed by atoms with Crippen molar-refractivity contribution in [3.05, 3.63) is 54.4 Å². The Bertz CT molecular complexity index is 658. The molecule has 0 unspecified atom stereocenters. The SMILES string of the molecule is NCc1cccc(S(=O)(=O)CCSc2ccncc2)c1. The lowest BCUT2D eigenvalue weighted by Gasteiger charge is -2.06. The maximum Gasteiger partial charge on any atom is 0.179 e. The Kier molecular flexibility index (Phi) is 5.17. The first-order valence-electron chi connectivity index (χ1n) is 6.16. The number of hydrogen-bond acceptors (Lipinski definition) is 5. The number of sulfone groups is 1. The van der Waals surface area contributed by atoms with Crippen molar-refractivity contribution in [2.45, 2.75) is 16.3 Å². The summed E-state index contributed by atoms with van der Waals surface area (Å²) < 4.78 is 24.4. The van der Waals surface area contributed by atoms with E-state index in [9.17, 15) is 8.42 Å². The Morgan fingerprint density at radius 2 is 1.90 bits per heavy atom. The summed E-state index contributed by atoms with van der Waals surface area (Å²) >= 11 is 1.51. The van der Waals surface area contributed by atoms with Gasteiger partial charge in [0, 0.05) is 29.6 Å². The zero-order chi connectivity index (χ0) is 14.4. The van der Waals surface area contributed by atoms with Crippen LogP contribution in [0.1, 0.15) is 5.56 Å². The minimum atomic E-state index is -3.26. The second-order valence-corrected chi connectivity index (χ2v) is 7.48. The van der Waals surface area contributed by atoms with E-state index in [0.717, 1.165) is 10.5 Å². The van der Waals surface area contributed by atoms with Gasteiger partial charge in [0.1, 0.15) is 0 Å². The summed E-state index contributed by atoms with van der Waals surface area (Å²) in [6.45, 7) is 0.342. The van der Waals surface area contributed by atoms with Crippen molar-refractivity contribution in [1.82, 2.24) is 4.98 Å². The molecule has 0 amide bonds. The van der Waals surface area contributed by atoms with Crippen molar-refractivity contribution in [2.75, 3.05) is 11.5 Å². The maximum absolute atomic E-state index is 12.2. The molecule has 106 valence electrons. The van der Waals surface area contributed by atoms with Crippen LogP contribution in [0.25, 0.3) is 0 Å². The van der Waals surface area contributed by atoms with Crippen LogP contribution in [0.2, 0.25) is 0 Å². The van der Waals surface area contributed by atoms with Gasteiger partial charge in [0.05, 0.1) is 10.6 Å². The fraction of sp³-hybridized carbons (Fsp3) is 0.214. The van der Waals surface area contributed by atoms with E-state index in [1.807, 2.05) is 18.2 Å². The molecule has 0 aliphatic heterocycles. The monoisotopic (exact) mass is 308 g/mol. The average molecular weight is 308 g/mol. The molecule has 1 heterocycles. The Morgan fingerprint density at radius 3 is 2.60 bits per heavy atom. The molecule has 0 spiro atoms. The van der Waals surface area contributed by atoms with Gasteiger partial charge >= 0.3 is 0 Å². The molecule has 0 aliphatic carbocycles. The predicted octanol–water partition coefficient (Wildman–Crippen LogP) is 2.11. The second-order valence-electron chi connectivity index (χ2n) is 4.20. The molecule has 20 heavy (non-hydrogen) atoms. The van der Waals surface area contributed by atoms with Crippen LogP contribution < -0.4 is 5.73 Å². The topological polar surface area (TPSA) is 73.1 Å². The Hall–Kier alpha value is -1.37. The van der Waals surface area contributed by atoms with E-state index in [1.54, 1.807) is 30.6 Å². The number of pyridine rings is 1. The van der Waals surface area contributed by atoms with Crippen LogP contribution >= 0.6 is 11.8 Å². The highest BCUT2D eigenvalue weighted by Gasteiger charge is 2.14. The number of nitrogens with two attached hydrogens (primary N) is 1. The van der Waals surface area contributed by atoms with Crippen LogP contribution in [0, 0.1) is 0 Å². The Morgan fingerprint density at radius 1 is 1.15 bits per heavy atom. The summed E-state index contributed by atoms with van der Waals surface area (Å²) in [6, 6.07) is 10.5. The molecule has 2 rings (SSSR count). The van der Waals surface area contributed by atoms with Crippen molar-refractivity contribution in [1.29, 1.82) is 0 Å². The van der Waals surface area contributed by atoms with E-state index < -0.39 is 9.84 Å². The lowest BCUT2D eigenvalue weighted by molar-refractivity contribution is 0.597. The van der Waals surface area contributed by atoms with Gasteiger partial charge in [0.2, 0.25) is 0 Å². The molecular weight excluding hydrogens is 292 g/mol. The molecule has 2 aromatic rings. The molecule has 1 aromatic heterocycles. The molecular formula is C14H16N2O2S2. The van der Waals surface area contributed by atoms with Gasteiger partial charge in [-0.15, -0.1) is 11.8 Å². The molecule has 2 N–H and O–H groups in total. The molecule has 0 bridgehead atoms. The van der Waals surface area contributed by atoms with Gasteiger partial charge in [-0.1, -0.05) is 12.1 Å². The smallest absolute Gasteiger partial charge is 0.179 e. The fourth-order valence-corrected chi connectivity index (χ4v) is 4.30. The molecule has 6 heteroatoms. The number of hydrogen-bond donors (Lipinski definition) is 1. The Balaban J connectivity index is 2.00. The lowest BCUT2D eigenvalue weighted by Crippen LogP contribution is -2.09. The fourth-order valence-electron chi connectivity index (χ4n) is 1.69. The predicted molar refractivity (Wildman–Crippen MR) is 81.3 cm³/mol. The van der Waals surface area contributed by atoms with Crippen molar-refractivity contribution in [2.24, 2.45) is 5.73 Å². The van der Waals surface area contributed by atoms with Crippen molar-refractivity contribution < 1.29 is 8.42 Å². The summed E-state index contributed by atoms with van der Waals surface area (Å²) in [4.78, 5) is 5.29. The zero-order valence-electron chi connectivity index (χ0n) is 10.9. The molecule has 4 nitrogen and oxygen atoms in total. The highest BCUT2D eigenvalue weighted by atomic mass is 32.2.